The third-order valence-corrected chi connectivity index (χ3v) is 1.12. The van der Waals surface area contributed by atoms with Gasteiger partial charge in [0.05, 0.1) is 0 Å². The molecule has 2 nitrogen and oxygen atoms in total. The highest BCUT2D eigenvalue weighted by atomic mass is 16.3. The van der Waals surface area contributed by atoms with Gasteiger partial charge in [0.2, 0.25) is 0 Å². The molecule has 0 aliphatic carbocycles. The largest absolute Gasteiger partial charge is 0.508 e. The first kappa shape index (κ1) is 7.36. The van der Waals surface area contributed by atoms with E-state index in [9.17, 15) is 4.79 Å². The van der Waals surface area contributed by atoms with Crippen molar-refractivity contribution in [2.24, 2.45) is 0 Å². The number of carbonyl (C=O) groups excluding carboxylic acids is 1. The summed E-state index contributed by atoms with van der Waals surface area (Å²) in [4.78, 5) is 9.83. The third kappa shape index (κ3) is 2.15. The number of benzene rings is 1. The molecule has 0 atom stereocenters. The average Bonchev–Trinajstić information content (AvgIpc) is 2.01. The van der Waals surface area contributed by atoms with Crippen molar-refractivity contribution in [3.8, 4) is 17.6 Å². The minimum absolute atomic E-state index is 0.155. The van der Waals surface area contributed by atoms with E-state index >= 15 is 0 Å². The van der Waals surface area contributed by atoms with E-state index in [0.29, 0.717) is 11.8 Å². The molecule has 0 radical (unpaired) electrons. The summed E-state index contributed by atoms with van der Waals surface area (Å²) in [6.45, 7) is 0. The van der Waals surface area contributed by atoms with Crippen molar-refractivity contribution in [2.75, 3.05) is 0 Å². The molecule has 0 fully saturated rings. The Kier molecular flexibility index (Phi) is 2.29. The maximum atomic E-state index is 9.83. The van der Waals surface area contributed by atoms with Gasteiger partial charge in [-0.05, 0) is 24.1 Å². The van der Waals surface area contributed by atoms with Crippen molar-refractivity contribution in [3.63, 3.8) is 0 Å². The molecule has 0 heterocycles. The normalized spacial score (nSPS) is 8.00. The van der Waals surface area contributed by atoms with Crippen molar-refractivity contribution in [3.05, 3.63) is 29.8 Å². The molecule has 0 unspecified atom stereocenters. The summed E-state index contributed by atoms with van der Waals surface area (Å²) in [6.07, 6.45) is 0.518. The van der Waals surface area contributed by atoms with Crippen LogP contribution in [0.3, 0.4) is 0 Å². The van der Waals surface area contributed by atoms with E-state index in [1.165, 1.54) is 6.07 Å². The summed E-state index contributed by atoms with van der Waals surface area (Å²) < 4.78 is 0. The molecule has 1 aromatic rings. The SMILES string of the molecule is O=CC#Cc1cccc(O)c1. The number of aldehydes is 1. The Hall–Kier alpha value is -1.75. The lowest BCUT2D eigenvalue weighted by atomic mass is 10.2. The smallest absolute Gasteiger partial charge is 0.193 e. The Balaban J connectivity index is 2.96. The van der Waals surface area contributed by atoms with Crippen LogP contribution in [0.5, 0.6) is 5.75 Å². The Bertz CT molecular complexity index is 318. The second-order valence-electron chi connectivity index (χ2n) is 1.94. The summed E-state index contributed by atoms with van der Waals surface area (Å²) in [7, 11) is 0. The monoisotopic (exact) mass is 146 g/mol. The van der Waals surface area contributed by atoms with Gasteiger partial charge in [-0.15, -0.1) is 0 Å². The Morgan fingerprint density at radius 2 is 2.27 bits per heavy atom. The number of carbonyl (C=O) groups is 1. The van der Waals surface area contributed by atoms with Crippen molar-refractivity contribution in [1.82, 2.24) is 0 Å². The fraction of sp³-hybridized carbons (Fsp3) is 0. The van der Waals surface area contributed by atoms with Crippen LogP contribution >= 0.6 is 0 Å². The van der Waals surface area contributed by atoms with Crippen LogP contribution in [0.4, 0.5) is 0 Å². The number of hydrogen-bond donors (Lipinski definition) is 1. The molecule has 0 aromatic heterocycles. The number of hydrogen-bond acceptors (Lipinski definition) is 2. The highest BCUT2D eigenvalue weighted by molar-refractivity contribution is 5.74. The fourth-order valence-corrected chi connectivity index (χ4v) is 0.696. The van der Waals surface area contributed by atoms with Crippen LogP contribution in [0.25, 0.3) is 0 Å². The molecule has 54 valence electrons. The van der Waals surface area contributed by atoms with E-state index in [2.05, 4.69) is 11.8 Å². The molecule has 1 rings (SSSR count). The van der Waals surface area contributed by atoms with Gasteiger partial charge in [-0.2, -0.15) is 0 Å². The van der Waals surface area contributed by atoms with E-state index in [0.717, 1.165) is 0 Å². The van der Waals surface area contributed by atoms with Gasteiger partial charge in [-0.3, -0.25) is 4.79 Å². The summed E-state index contributed by atoms with van der Waals surface area (Å²) in [5.74, 6) is 4.96. The third-order valence-electron chi connectivity index (χ3n) is 1.12. The van der Waals surface area contributed by atoms with E-state index in [1.807, 2.05) is 0 Å². The number of phenolic OH excluding ortho intramolecular Hbond substituents is 1. The molecule has 0 bridgehead atoms. The van der Waals surface area contributed by atoms with Crippen LogP contribution in [-0.4, -0.2) is 11.4 Å². The number of aromatic hydroxyl groups is 1. The predicted octanol–water partition coefficient (Wildman–Crippen LogP) is 0.943. The van der Waals surface area contributed by atoms with Crippen LogP contribution in [0.1, 0.15) is 5.56 Å². The standard InChI is InChI=1S/C9H6O2/c10-6-2-4-8-3-1-5-9(11)7-8/h1,3,5-7,11H. The minimum atomic E-state index is 0.155. The van der Waals surface area contributed by atoms with Gasteiger partial charge in [-0.25, -0.2) is 0 Å². The average molecular weight is 146 g/mol. The maximum absolute atomic E-state index is 9.83. The molecule has 1 aromatic carbocycles. The van der Waals surface area contributed by atoms with Gasteiger partial charge >= 0.3 is 0 Å². The zero-order valence-corrected chi connectivity index (χ0v) is 5.74. The molecule has 0 aliphatic heterocycles. The molecule has 11 heavy (non-hydrogen) atoms. The molecule has 0 aliphatic rings. The van der Waals surface area contributed by atoms with E-state index in [4.69, 9.17) is 5.11 Å². The second-order valence-corrected chi connectivity index (χ2v) is 1.94. The molecule has 0 amide bonds. The van der Waals surface area contributed by atoms with Crippen molar-refractivity contribution >= 4 is 6.29 Å². The van der Waals surface area contributed by atoms with Gasteiger partial charge in [0, 0.05) is 5.56 Å². The minimum Gasteiger partial charge on any atom is -0.508 e. The first-order valence-electron chi connectivity index (χ1n) is 3.07. The van der Waals surface area contributed by atoms with Crippen LogP contribution in [0, 0.1) is 11.8 Å². The van der Waals surface area contributed by atoms with Crippen molar-refractivity contribution in [1.29, 1.82) is 0 Å². The van der Waals surface area contributed by atoms with Crippen LogP contribution in [0.2, 0.25) is 0 Å². The first-order chi connectivity index (χ1) is 5.33. The molecule has 0 saturated carbocycles. The molecule has 1 N–H and O–H groups in total. The highest BCUT2D eigenvalue weighted by Gasteiger charge is 1.87. The van der Waals surface area contributed by atoms with Gasteiger partial charge in [-0.1, -0.05) is 12.0 Å². The molecular weight excluding hydrogens is 140 g/mol. The first-order valence-corrected chi connectivity index (χ1v) is 3.07. The van der Waals surface area contributed by atoms with Gasteiger partial charge in [0.15, 0.2) is 6.29 Å². The highest BCUT2D eigenvalue weighted by Crippen LogP contribution is 2.08. The Labute approximate surface area is 64.5 Å². The lowest BCUT2D eigenvalue weighted by Crippen LogP contribution is -1.72. The van der Waals surface area contributed by atoms with Gasteiger partial charge in [0.25, 0.3) is 0 Å². The van der Waals surface area contributed by atoms with E-state index < -0.39 is 0 Å². The van der Waals surface area contributed by atoms with Gasteiger partial charge < -0.3 is 5.11 Å². The second kappa shape index (κ2) is 3.43. The number of rotatable bonds is 0. The van der Waals surface area contributed by atoms with Crippen LogP contribution < -0.4 is 0 Å². The predicted molar refractivity (Wildman–Crippen MR) is 41.0 cm³/mol. The van der Waals surface area contributed by atoms with Crippen LogP contribution in [0.15, 0.2) is 24.3 Å². The number of phenols is 1. The van der Waals surface area contributed by atoms with E-state index in [1.54, 1.807) is 18.2 Å². The molecular formula is C9H6O2. The summed E-state index contributed by atoms with van der Waals surface area (Å²) in [6, 6.07) is 6.43. The summed E-state index contributed by atoms with van der Waals surface area (Å²) in [5, 5.41) is 8.96. The lowest BCUT2D eigenvalue weighted by molar-refractivity contribution is -0.103. The Morgan fingerprint density at radius 1 is 1.45 bits per heavy atom. The quantitative estimate of drug-likeness (QED) is 0.437. The van der Waals surface area contributed by atoms with Gasteiger partial charge in [0.1, 0.15) is 5.75 Å². The Morgan fingerprint density at radius 3 is 2.91 bits per heavy atom. The summed E-state index contributed by atoms with van der Waals surface area (Å²) >= 11 is 0. The maximum Gasteiger partial charge on any atom is 0.193 e. The summed E-state index contributed by atoms with van der Waals surface area (Å²) in [5.41, 5.74) is 0.636. The molecule has 0 spiro atoms. The fourth-order valence-electron chi connectivity index (χ4n) is 0.696. The lowest BCUT2D eigenvalue weighted by Gasteiger charge is -1.89. The molecule has 2 heteroatoms. The zero-order chi connectivity index (χ0) is 8.10. The zero-order valence-electron chi connectivity index (χ0n) is 5.74. The van der Waals surface area contributed by atoms with Crippen molar-refractivity contribution in [2.45, 2.75) is 0 Å². The van der Waals surface area contributed by atoms with Crippen molar-refractivity contribution < 1.29 is 9.90 Å². The molecule has 0 saturated heterocycles. The van der Waals surface area contributed by atoms with Crippen LogP contribution in [-0.2, 0) is 4.79 Å². The topological polar surface area (TPSA) is 37.3 Å². The van der Waals surface area contributed by atoms with E-state index in [-0.39, 0.29) is 5.75 Å².